The van der Waals surface area contributed by atoms with Crippen LogP contribution in [0, 0.1) is 6.92 Å². The maximum absolute atomic E-state index is 11.9. The fourth-order valence-electron chi connectivity index (χ4n) is 1.54. The predicted octanol–water partition coefficient (Wildman–Crippen LogP) is 2.83. The summed E-state index contributed by atoms with van der Waals surface area (Å²) in [6, 6.07) is 14.6. The molecule has 3 nitrogen and oxygen atoms in total. The zero-order chi connectivity index (χ0) is 12.3. The molecule has 0 unspecified atom stereocenters. The normalized spacial score (nSPS) is 9.94. The molecule has 0 aromatic heterocycles. The van der Waals surface area contributed by atoms with Gasteiger partial charge in [-0.3, -0.25) is 4.79 Å². The highest BCUT2D eigenvalue weighted by molar-refractivity contribution is 6.04. The van der Waals surface area contributed by atoms with Crippen molar-refractivity contribution in [2.24, 2.45) is 0 Å². The van der Waals surface area contributed by atoms with Crippen molar-refractivity contribution in [3.05, 3.63) is 59.7 Å². The molecule has 3 N–H and O–H groups in total. The van der Waals surface area contributed by atoms with Crippen LogP contribution in [0.1, 0.15) is 15.9 Å². The van der Waals surface area contributed by atoms with E-state index < -0.39 is 0 Å². The van der Waals surface area contributed by atoms with Crippen LogP contribution >= 0.6 is 0 Å². The lowest BCUT2D eigenvalue weighted by molar-refractivity contribution is 0.102. The van der Waals surface area contributed by atoms with Crippen LogP contribution < -0.4 is 11.1 Å². The second-order valence-electron chi connectivity index (χ2n) is 3.89. The van der Waals surface area contributed by atoms with Crippen molar-refractivity contribution >= 4 is 17.3 Å². The number of nitrogen functional groups attached to an aromatic ring is 1. The van der Waals surface area contributed by atoms with Crippen LogP contribution in [0.2, 0.25) is 0 Å². The number of aryl methyl sites for hydroxylation is 1. The van der Waals surface area contributed by atoms with Crippen LogP contribution in [0.3, 0.4) is 0 Å². The molecule has 0 aliphatic rings. The Labute approximate surface area is 100 Å². The van der Waals surface area contributed by atoms with Gasteiger partial charge >= 0.3 is 0 Å². The van der Waals surface area contributed by atoms with Crippen LogP contribution in [-0.2, 0) is 0 Å². The Kier molecular flexibility index (Phi) is 3.10. The van der Waals surface area contributed by atoms with Crippen molar-refractivity contribution in [2.75, 3.05) is 11.1 Å². The molecule has 0 atom stereocenters. The van der Waals surface area contributed by atoms with Crippen LogP contribution in [-0.4, -0.2) is 5.91 Å². The molecule has 2 rings (SSSR count). The van der Waals surface area contributed by atoms with Gasteiger partial charge in [0.15, 0.2) is 0 Å². The Morgan fingerprint density at radius 2 is 1.82 bits per heavy atom. The lowest BCUT2D eigenvalue weighted by Gasteiger charge is -2.06. The number of benzene rings is 2. The molecule has 0 saturated carbocycles. The van der Waals surface area contributed by atoms with E-state index in [2.05, 4.69) is 5.32 Å². The molecule has 2 aromatic carbocycles. The van der Waals surface area contributed by atoms with E-state index in [1.807, 2.05) is 37.3 Å². The Bertz CT molecular complexity index is 535. The molecule has 0 aliphatic heterocycles. The van der Waals surface area contributed by atoms with Crippen molar-refractivity contribution in [2.45, 2.75) is 6.92 Å². The third kappa shape index (κ3) is 2.64. The smallest absolute Gasteiger partial charge is 0.255 e. The average molecular weight is 226 g/mol. The number of hydrogen-bond donors (Lipinski definition) is 2. The summed E-state index contributed by atoms with van der Waals surface area (Å²) >= 11 is 0. The first-order valence-electron chi connectivity index (χ1n) is 5.39. The van der Waals surface area contributed by atoms with Crippen molar-refractivity contribution in [3.63, 3.8) is 0 Å². The fourth-order valence-corrected chi connectivity index (χ4v) is 1.54. The van der Waals surface area contributed by atoms with E-state index in [0.717, 1.165) is 11.3 Å². The Morgan fingerprint density at radius 3 is 2.47 bits per heavy atom. The highest BCUT2D eigenvalue weighted by Gasteiger charge is 2.06. The quantitative estimate of drug-likeness (QED) is 0.773. The van der Waals surface area contributed by atoms with Gasteiger partial charge in [0.05, 0.1) is 0 Å². The van der Waals surface area contributed by atoms with E-state index in [9.17, 15) is 4.79 Å². The zero-order valence-electron chi connectivity index (χ0n) is 9.60. The molecule has 0 spiro atoms. The third-order valence-electron chi connectivity index (χ3n) is 2.56. The minimum absolute atomic E-state index is 0.126. The SMILES string of the molecule is Cc1cc(C(=O)Nc2ccccc2)ccc1N. The molecule has 0 heterocycles. The van der Waals surface area contributed by atoms with E-state index >= 15 is 0 Å². The van der Waals surface area contributed by atoms with Gasteiger partial charge in [-0.15, -0.1) is 0 Å². The summed E-state index contributed by atoms with van der Waals surface area (Å²) < 4.78 is 0. The van der Waals surface area contributed by atoms with Gasteiger partial charge in [0, 0.05) is 16.9 Å². The fraction of sp³-hybridized carbons (Fsp3) is 0.0714. The molecule has 0 fully saturated rings. The first-order valence-corrected chi connectivity index (χ1v) is 5.39. The Balaban J connectivity index is 2.18. The number of rotatable bonds is 2. The third-order valence-corrected chi connectivity index (χ3v) is 2.56. The minimum atomic E-state index is -0.126. The monoisotopic (exact) mass is 226 g/mol. The molecule has 3 heteroatoms. The maximum atomic E-state index is 11.9. The van der Waals surface area contributed by atoms with Crippen LogP contribution in [0.5, 0.6) is 0 Å². The number of hydrogen-bond acceptors (Lipinski definition) is 2. The maximum Gasteiger partial charge on any atom is 0.255 e. The Morgan fingerprint density at radius 1 is 1.12 bits per heavy atom. The summed E-state index contributed by atoms with van der Waals surface area (Å²) in [5.74, 6) is -0.126. The molecular formula is C14H14N2O. The summed E-state index contributed by atoms with van der Waals surface area (Å²) in [7, 11) is 0. The van der Waals surface area contributed by atoms with Gasteiger partial charge in [-0.2, -0.15) is 0 Å². The van der Waals surface area contributed by atoms with E-state index in [1.165, 1.54) is 0 Å². The summed E-state index contributed by atoms with van der Waals surface area (Å²) in [6.07, 6.45) is 0. The molecule has 17 heavy (non-hydrogen) atoms. The van der Waals surface area contributed by atoms with Gasteiger partial charge in [-0.25, -0.2) is 0 Å². The molecule has 2 aromatic rings. The van der Waals surface area contributed by atoms with E-state index in [-0.39, 0.29) is 5.91 Å². The predicted molar refractivity (Wildman–Crippen MR) is 70.0 cm³/mol. The Hall–Kier alpha value is -2.29. The number of para-hydroxylation sites is 1. The lowest BCUT2D eigenvalue weighted by atomic mass is 10.1. The standard InChI is InChI=1S/C14H14N2O/c1-10-9-11(7-8-13(10)15)14(17)16-12-5-3-2-4-6-12/h2-9H,15H2,1H3,(H,16,17). The second kappa shape index (κ2) is 4.70. The average Bonchev–Trinajstić information content (AvgIpc) is 2.34. The summed E-state index contributed by atoms with van der Waals surface area (Å²) in [6.45, 7) is 1.88. The van der Waals surface area contributed by atoms with E-state index in [0.29, 0.717) is 11.3 Å². The van der Waals surface area contributed by atoms with Gasteiger partial charge < -0.3 is 11.1 Å². The first kappa shape index (κ1) is 11.2. The number of anilines is 2. The van der Waals surface area contributed by atoms with Crippen molar-refractivity contribution in [3.8, 4) is 0 Å². The summed E-state index contributed by atoms with van der Waals surface area (Å²) in [5, 5.41) is 2.83. The molecule has 0 saturated heterocycles. The van der Waals surface area contributed by atoms with Gasteiger partial charge in [0.2, 0.25) is 0 Å². The number of carbonyl (C=O) groups excluding carboxylic acids is 1. The zero-order valence-corrected chi connectivity index (χ0v) is 9.60. The number of carbonyl (C=O) groups is 1. The van der Waals surface area contributed by atoms with E-state index in [4.69, 9.17) is 5.73 Å². The van der Waals surface area contributed by atoms with Crippen LogP contribution in [0.25, 0.3) is 0 Å². The summed E-state index contributed by atoms with van der Waals surface area (Å²) in [5.41, 5.74) is 8.71. The van der Waals surface area contributed by atoms with Crippen molar-refractivity contribution < 1.29 is 4.79 Å². The van der Waals surface area contributed by atoms with E-state index in [1.54, 1.807) is 18.2 Å². The highest BCUT2D eigenvalue weighted by Crippen LogP contribution is 2.14. The van der Waals surface area contributed by atoms with Gasteiger partial charge in [-0.05, 0) is 42.8 Å². The largest absolute Gasteiger partial charge is 0.399 e. The molecule has 1 amide bonds. The number of amides is 1. The van der Waals surface area contributed by atoms with Gasteiger partial charge in [-0.1, -0.05) is 18.2 Å². The van der Waals surface area contributed by atoms with Crippen molar-refractivity contribution in [1.29, 1.82) is 0 Å². The number of nitrogens with one attached hydrogen (secondary N) is 1. The highest BCUT2D eigenvalue weighted by atomic mass is 16.1. The second-order valence-corrected chi connectivity index (χ2v) is 3.89. The number of nitrogens with two attached hydrogens (primary N) is 1. The minimum Gasteiger partial charge on any atom is -0.399 e. The molecule has 86 valence electrons. The topological polar surface area (TPSA) is 55.1 Å². The van der Waals surface area contributed by atoms with Gasteiger partial charge in [0.25, 0.3) is 5.91 Å². The van der Waals surface area contributed by atoms with Gasteiger partial charge in [0.1, 0.15) is 0 Å². The molecule has 0 aliphatic carbocycles. The molecular weight excluding hydrogens is 212 g/mol. The lowest BCUT2D eigenvalue weighted by Crippen LogP contribution is -2.12. The summed E-state index contributed by atoms with van der Waals surface area (Å²) in [4.78, 5) is 11.9. The van der Waals surface area contributed by atoms with Crippen LogP contribution in [0.15, 0.2) is 48.5 Å². The van der Waals surface area contributed by atoms with Crippen molar-refractivity contribution in [1.82, 2.24) is 0 Å². The first-order chi connectivity index (χ1) is 8.16. The molecule has 0 radical (unpaired) electrons. The van der Waals surface area contributed by atoms with Crippen LogP contribution in [0.4, 0.5) is 11.4 Å². The molecule has 0 bridgehead atoms.